The number of hydrogen-bond donors (Lipinski definition) is 1. The van der Waals surface area contributed by atoms with Crippen LogP contribution in [0.4, 0.5) is 4.39 Å². The molecule has 1 N–H and O–H groups in total. The first kappa shape index (κ1) is 15.6. The van der Waals surface area contributed by atoms with Crippen molar-refractivity contribution in [2.75, 3.05) is 6.54 Å². The molecule has 6 nitrogen and oxygen atoms in total. The number of carbonyl (C=O) groups is 1. The molecule has 25 heavy (non-hydrogen) atoms. The molecule has 0 aliphatic carbocycles. The predicted octanol–water partition coefficient (Wildman–Crippen LogP) is 2.56. The van der Waals surface area contributed by atoms with Gasteiger partial charge in [0.2, 0.25) is 5.91 Å². The summed E-state index contributed by atoms with van der Waals surface area (Å²) in [6, 6.07) is 6.04. The third-order valence-corrected chi connectivity index (χ3v) is 4.57. The number of aromatic amines is 1. The van der Waals surface area contributed by atoms with Crippen LogP contribution in [-0.4, -0.2) is 36.9 Å². The average Bonchev–Trinajstić information content (AvgIpc) is 3.29. The van der Waals surface area contributed by atoms with Crippen molar-refractivity contribution < 1.29 is 9.18 Å². The van der Waals surface area contributed by atoms with Crippen LogP contribution in [0.15, 0.2) is 43.0 Å². The number of imidazole rings is 2. The standard InChI is InChI=1S/C18H18FN5O/c1-12(24-8-6-20-11-24)18(25)23-7-5-15-16(10-23)22-17(21-15)13-3-2-4-14(19)9-13/h2-4,6,8-9,11-12H,5,7,10H2,1H3,(H,21,22)/t12-/m0/s1. The molecule has 0 saturated heterocycles. The fraction of sp³-hybridized carbons (Fsp3) is 0.278. The lowest BCUT2D eigenvalue weighted by atomic mass is 10.1. The number of nitrogens with zero attached hydrogens (tertiary/aromatic N) is 4. The second-order valence-corrected chi connectivity index (χ2v) is 6.22. The van der Waals surface area contributed by atoms with E-state index in [-0.39, 0.29) is 17.8 Å². The van der Waals surface area contributed by atoms with Gasteiger partial charge in [-0.1, -0.05) is 12.1 Å². The average molecular weight is 339 g/mol. The van der Waals surface area contributed by atoms with E-state index in [2.05, 4.69) is 15.0 Å². The number of benzene rings is 1. The van der Waals surface area contributed by atoms with Gasteiger partial charge in [-0.25, -0.2) is 14.4 Å². The number of halogens is 1. The highest BCUT2D eigenvalue weighted by molar-refractivity contribution is 5.80. The number of hydrogen-bond acceptors (Lipinski definition) is 3. The second kappa shape index (κ2) is 6.16. The number of fused-ring (bicyclic) bond motifs is 1. The monoisotopic (exact) mass is 339 g/mol. The molecule has 2 aromatic heterocycles. The highest BCUT2D eigenvalue weighted by atomic mass is 19.1. The molecule has 1 amide bonds. The van der Waals surface area contributed by atoms with Crippen molar-refractivity contribution in [1.29, 1.82) is 0 Å². The van der Waals surface area contributed by atoms with E-state index in [0.29, 0.717) is 30.9 Å². The highest BCUT2D eigenvalue weighted by Crippen LogP contribution is 2.24. The Hall–Kier alpha value is -2.96. The van der Waals surface area contributed by atoms with Gasteiger partial charge >= 0.3 is 0 Å². The van der Waals surface area contributed by atoms with E-state index in [1.54, 1.807) is 29.4 Å². The zero-order valence-corrected chi connectivity index (χ0v) is 13.8. The van der Waals surface area contributed by atoms with E-state index < -0.39 is 0 Å². The smallest absolute Gasteiger partial charge is 0.245 e. The van der Waals surface area contributed by atoms with Crippen LogP contribution in [-0.2, 0) is 17.8 Å². The Morgan fingerprint density at radius 3 is 3.04 bits per heavy atom. The molecule has 128 valence electrons. The molecule has 0 spiro atoms. The predicted molar refractivity (Wildman–Crippen MR) is 90.0 cm³/mol. The van der Waals surface area contributed by atoms with E-state index in [1.165, 1.54) is 12.1 Å². The Kier molecular flexibility index (Phi) is 3.83. The van der Waals surface area contributed by atoms with E-state index in [0.717, 1.165) is 11.4 Å². The Bertz CT molecular complexity index is 902. The van der Waals surface area contributed by atoms with Gasteiger partial charge in [0.05, 0.1) is 24.3 Å². The lowest BCUT2D eigenvalue weighted by Gasteiger charge is -2.29. The van der Waals surface area contributed by atoms with Crippen LogP contribution < -0.4 is 0 Å². The summed E-state index contributed by atoms with van der Waals surface area (Å²) < 4.78 is 15.2. The first-order valence-electron chi connectivity index (χ1n) is 8.22. The fourth-order valence-electron chi connectivity index (χ4n) is 3.14. The number of nitrogens with one attached hydrogen (secondary N) is 1. The third kappa shape index (κ3) is 2.93. The van der Waals surface area contributed by atoms with Gasteiger partial charge in [0.25, 0.3) is 0 Å². The minimum Gasteiger partial charge on any atom is -0.340 e. The quantitative estimate of drug-likeness (QED) is 0.797. The van der Waals surface area contributed by atoms with Crippen molar-refractivity contribution in [1.82, 2.24) is 24.4 Å². The van der Waals surface area contributed by atoms with Crippen LogP contribution in [0.1, 0.15) is 24.4 Å². The maximum Gasteiger partial charge on any atom is 0.245 e. The van der Waals surface area contributed by atoms with Gasteiger partial charge in [0.15, 0.2) is 0 Å². The van der Waals surface area contributed by atoms with Crippen LogP contribution in [0.3, 0.4) is 0 Å². The van der Waals surface area contributed by atoms with Crippen LogP contribution in [0.5, 0.6) is 0 Å². The van der Waals surface area contributed by atoms with Gasteiger partial charge in [-0.15, -0.1) is 0 Å². The summed E-state index contributed by atoms with van der Waals surface area (Å²) in [6.45, 7) is 2.97. The van der Waals surface area contributed by atoms with Crippen LogP contribution >= 0.6 is 0 Å². The zero-order valence-electron chi connectivity index (χ0n) is 13.8. The van der Waals surface area contributed by atoms with Crippen molar-refractivity contribution in [3.05, 3.63) is 60.2 Å². The molecule has 3 aromatic rings. The summed E-state index contributed by atoms with van der Waals surface area (Å²) in [7, 11) is 0. The lowest BCUT2D eigenvalue weighted by molar-refractivity contribution is -0.135. The van der Waals surface area contributed by atoms with Gasteiger partial charge in [0, 0.05) is 30.9 Å². The second-order valence-electron chi connectivity index (χ2n) is 6.22. The van der Waals surface area contributed by atoms with Gasteiger partial charge < -0.3 is 14.5 Å². The molecule has 7 heteroatoms. The van der Waals surface area contributed by atoms with Crippen molar-refractivity contribution in [2.24, 2.45) is 0 Å². The molecule has 0 saturated carbocycles. The van der Waals surface area contributed by atoms with E-state index in [4.69, 9.17) is 0 Å². The molecule has 1 aliphatic heterocycles. The molecule has 3 heterocycles. The maximum absolute atomic E-state index is 13.4. The molecule has 0 unspecified atom stereocenters. The third-order valence-electron chi connectivity index (χ3n) is 4.57. The fourth-order valence-corrected chi connectivity index (χ4v) is 3.14. The molecule has 0 radical (unpaired) electrons. The SMILES string of the molecule is C[C@@H](C(=O)N1CCc2nc(-c3cccc(F)c3)[nH]c2C1)n1ccnc1. The molecule has 0 fully saturated rings. The molecular weight excluding hydrogens is 321 g/mol. The van der Waals surface area contributed by atoms with Crippen molar-refractivity contribution in [3.63, 3.8) is 0 Å². The normalized spacial score (nSPS) is 15.0. The minimum absolute atomic E-state index is 0.0468. The highest BCUT2D eigenvalue weighted by Gasteiger charge is 2.27. The summed E-state index contributed by atoms with van der Waals surface area (Å²) in [5.41, 5.74) is 2.56. The summed E-state index contributed by atoms with van der Waals surface area (Å²) in [6.07, 6.45) is 5.79. The number of carbonyl (C=O) groups excluding carboxylic acids is 1. The molecule has 1 aliphatic rings. The van der Waals surface area contributed by atoms with Crippen molar-refractivity contribution in [2.45, 2.75) is 25.9 Å². The van der Waals surface area contributed by atoms with Crippen LogP contribution in [0.25, 0.3) is 11.4 Å². The molecule has 1 atom stereocenters. The summed E-state index contributed by atoms with van der Waals surface area (Å²) in [4.78, 5) is 26.4. The molecule has 4 rings (SSSR count). The summed E-state index contributed by atoms with van der Waals surface area (Å²) in [5.74, 6) is 0.393. The largest absolute Gasteiger partial charge is 0.340 e. The van der Waals surface area contributed by atoms with Gasteiger partial charge in [-0.2, -0.15) is 0 Å². The van der Waals surface area contributed by atoms with Crippen molar-refractivity contribution in [3.8, 4) is 11.4 Å². The number of H-pyrrole nitrogens is 1. The van der Waals surface area contributed by atoms with Gasteiger partial charge in [-0.05, 0) is 19.1 Å². The van der Waals surface area contributed by atoms with Crippen LogP contribution in [0, 0.1) is 5.82 Å². The Morgan fingerprint density at radius 2 is 2.28 bits per heavy atom. The minimum atomic E-state index is -0.297. The zero-order chi connectivity index (χ0) is 17.4. The first-order chi connectivity index (χ1) is 12.1. The van der Waals surface area contributed by atoms with Crippen molar-refractivity contribution >= 4 is 5.91 Å². The Labute approximate surface area is 144 Å². The molecular formula is C18H18FN5O. The summed E-state index contributed by atoms with van der Waals surface area (Å²) >= 11 is 0. The van der Waals surface area contributed by atoms with E-state index >= 15 is 0 Å². The van der Waals surface area contributed by atoms with E-state index in [9.17, 15) is 9.18 Å². The van der Waals surface area contributed by atoms with Crippen LogP contribution in [0.2, 0.25) is 0 Å². The molecule has 1 aromatic carbocycles. The topological polar surface area (TPSA) is 66.8 Å². The number of amides is 1. The van der Waals surface area contributed by atoms with Gasteiger partial charge in [0.1, 0.15) is 17.7 Å². The Balaban J connectivity index is 1.54. The summed E-state index contributed by atoms with van der Waals surface area (Å²) in [5, 5.41) is 0. The number of rotatable bonds is 3. The Morgan fingerprint density at radius 1 is 1.40 bits per heavy atom. The maximum atomic E-state index is 13.4. The lowest BCUT2D eigenvalue weighted by Crippen LogP contribution is -2.39. The molecule has 0 bridgehead atoms. The number of aromatic nitrogens is 4. The van der Waals surface area contributed by atoms with E-state index in [1.807, 2.05) is 17.9 Å². The first-order valence-corrected chi connectivity index (χ1v) is 8.22. The van der Waals surface area contributed by atoms with Gasteiger partial charge in [-0.3, -0.25) is 4.79 Å².